The Kier molecular flexibility index (Phi) is 4.92. The zero-order valence-electron chi connectivity index (χ0n) is 15.6. The predicted molar refractivity (Wildman–Crippen MR) is 106 cm³/mol. The third-order valence-corrected chi connectivity index (χ3v) is 4.97. The third-order valence-electron chi connectivity index (χ3n) is 4.97. The number of fused-ring (bicyclic) bond motifs is 1. The summed E-state index contributed by atoms with van der Waals surface area (Å²) >= 11 is 0. The monoisotopic (exact) mass is 379 g/mol. The van der Waals surface area contributed by atoms with E-state index in [0.29, 0.717) is 24.0 Å². The number of carbonyl (C=O) groups excluding carboxylic acids is 1. The summed E-state index contributed by atoms with van der Waals surface area (Å²) in [5.74, 6) is 0.683. The fourth-order valence-corrected chi connectivity index (χ4v) is 3.38. The first-order valence-corrected chi connectivity index (χ1v) is 9.15. The van der Waals surface area contributed by atoms with Crippen molar-refractivity contribution in [2.75, 3.05) is 38.2 Å². The van der Waals surface area contributed by atoms with Crippen LogP contribution in [0.2, 0.25) is 0 Å². The topological polar surface area (TPSA) is 80.6 Å². The van der Waals surface area contributed by atoms with Gasteiger partial charge in [-0.2, -0.15) is 0 Å². The lowest BCUT2D eigenvalue weighted by Crippen LogP contribution is -2.50. The Balaban J connectivity index is 1.42. The van der Waals surface area contributed by atoms with Crippen molar-refractivity contribution in [2.45, 2.75) is 6.54 Å². The molecule has 3 aromatic rings. The van der Waals surface area contributed by atoms with Gasteiger partial charge in [-0.15, -0.1) is 5.10 Å². The van der Waals surface area contributed by atoms with Crippen LogP contribution in [0.15, 0.2) is 53.3 Å². The molecule has 0 atom stereocenters. The number of rotatable bonds is 4. The van der Waals surface area contributed by atoms with Crippen LogP contribution in [-0.4, -0.2) is 59.1 Å². The second-order valence-corrected chi connectivity index (χ2v) is 6.64. The van der Waals surface area contributed by atoms with E-state index in [1.807, 2.05) is 24.3 Å². The summed E-state index contributed by atoms with van der Waals surface area (Å²) in [5.41, 5.74) is 1.31. The summed E-state index contributed by atoms with van der Waals surface area (Å²) in [6, 6.07) is 14.9. The molecule has 0 saturated carbocycles. The highest BCUT2D eigenvalue weighted by molar-refractivity contribution is 5.78. The van der Waals surface area contributed by atoms with Gasteiger partial charge in [0, 0.05) is 37.9 Å². The van der Waals surface area contributed by atoms with Gasteiger partial charge in [-0.05, 0) is 24.3 Å². The Labute approximate surface area is 161 Å². The van der Waals surface area contributed by atoms with E-state index in [1.165, 1.54) is 0 Å². The van der Waals surface area contributed by atoms with Crippen LogP contribution >= 0.6 is 0 Å². The van der Waals surface area contributed by atoms with E-state index < -0.39 is 0 Å². The van der Waals surface area contributed by atoms with Crippen LogP contribution in [0.3, 0.4) is 0 Å². The number of nitrogens with zero attached hydrogens (tertiary/aromatic N) is 5. The number of methoxy groups -OCH3 is 1. The Bertz CT molecular complexity index is 1060. The molecular formula is C20H21N5O3. The first-order chi connectivity index (χ1) is 13.7. The van der Waals surface area contributed by atoms with Gasteiger partial charge in [0.2, 0.25) is 5.91 Å². The minimum atomic E-state index is -0.297. The second kappa shape index (κ2) is 7.67. The zero-order valence-corrected chi connectivity index (χ0v) is 15.6. The van der Waals surface area contributed by atoms with Crippen molar-refractivity contribution in [3.05, 3.63) is 58.9 Å². The normalized spacial score (nSPS) is 14.3. The highest BCUT2D eigenvalue weighted by Crippen LogP contribution is 2.22. The molecule has 0 bridgehead atoms. The smallest absolute Gasteiger partial charge is 0.278 e. The van der Waals surface area contributed by atoms with Crippen molar-refractivity contribution in [3.8, 4) is 5.75 Å². The van der Waals surface area contributed by atoms with Crippen LogP contribution < -0.4 is 15.2 Å². The molecular weight excluding hydrogens is 358 g/mol. The summed E-state index contributed by atoms with van der Waals surface area (Å²) in [7, 11) is 1.65. The maximum atomic E-state index is 12.7. The average Bonchev–Trinajstić information content (AvgIpc) is 2.76. The van der Waals surface area contributed by atoms with Crippen LogP contribution in [0.4, 0.5) is 5.69 Å². The summed E-state index contributed by atoms with van der Waals surface area (Å²) < 4.78 is 6.41. The lowest BCUT2D eigenvalue weighted by molar-refractivity contribution is -0.132. The fourth-order valence-electron chi connectivity index (χ4n) is 3.38. The molecule has 1 fully saturated rings. The number of ether oxygens (including phenoxy) is 1. The maximum Gasteiger partial charge on any atom is 0.278 e. The summed E-state index contributed by atoms with van der Waals surface area (Å²) in [5, 5.41) is 8.40. The second-order valence-electron chi connectivity index (χ2n) is 6.64. The molecule has 2 heterocycles. The van der Waals surface area contributed by atoms with Gasteiger partial charge in [0.25, 0.3) is 5.56 Å². The Morgan fingerprint density at radius 2 is 1.86 bits per heavy atom. The van der Waals surface area contributed by atoms with Gasteiger partial charge in [0.05, 0.1) is 12.5 Å². The molecule has 2 aromatic carbocycles. The Hall–Kier alpha value is -3.42. The highest BCUT2D eigenvalue weighted by atomic mass is 16.5. The van der Waals surface area contributed by atoms with E-state index in [4.69, 9.17) is 4.74 Å². The number of carbonyl (C=O) groups is 1. The molecule has 0 aliphatic carbocycles. The zero-order chi connectivity index (χ0) is 19.5. The van der Waals surface area contributed by atoms with Gasteiger partial charge in [0.1, 0.15) is 17.8 Å². The number of hydrogen-bond donors (Lipinski definition) is 0. The van der Waals surface area contributed by atoms with Crippen molar-refractivity contribution in [1.29, 1.82) is 0 Å². The molecule has 1 aliphatic rings. The molecule has 0 unspecified atom stereocenters. The Morgan fingerprint density at radius 1 is 1.07 bits per heavy atom. The molecule has 1 aromatic heterocycles. The van der Waals surface area contributed by atoms with Gasteiger partial charge in [-0.3, -0.25) is 9.59 Å². The third kappa shape index (κ3) is 3.53. The van der Waals surface area contributed by atoms with Crippen LogP contribution in [-0.2, 0) is 11.3 Å². The van der Waals surface area contributed by atoms with Crippen molar-refractivity contribution in [3.63, 3.8) is 0 Å². The van der Waals surface area contributed by atoms with E-state index >= 15 is 0 Å². The molecule has 144 valence electrons. The molecule has 4 rings (SSSR count). The predicted octanol–water partition coefficient (Wildman–Crippen LogP) is 1.15. The van der Waals surface area contributed by atoms with Crippen molar-refractivity contribution < 1.29 is 9.53 Å². The molecule has 0 N–H and O–H groups in total. The first kappa shape index (κ1) is 18.0. The van der Waals surface area contributed by atoms with Crippen molar-refractivity contribution in [2.24, 2.45) is 0 Å². The molecule has 0 spiro atoms. The first-order valence-electron chi connectivity index (χ1n) is 9.15. The van der Waals surface area contributed by atoms with E-state index in [-0.39, 0.29) is 18.0 Å². The van der Waals surface area contributed by atoms with Gasteiger partial charge < -0.3 is 14.5 Å². The van der Waals surface area contributed by atoms with Crippen LogP contribution in [0.25, 0.3) is 10.9 Å². The summed E-state index contributed by atoms with van der Waals surface area (Å²) in [6.45, 7) is 2.52. The lowest BCUT2D eigenvalue weighted by atomic mass is 10.2. The number of hydrogen-bond acceptors (Lipinski definition) is 6. The lowest BCUT2D eigenvalue weighted by Gasteiger charge is -2.36. The largest absolute Gasteiger partial charge is 0.497 e. The van der Waals surface area contributed by atoms with Gasteiger partial charge in [-0.25, -0.2) is 4.68 Å². The van der Waals surface area contributed by atoms with Crippen LogP contribution in [0.5, 0.6) is 5.75 Å². The van der Waals surface area contributed by atoms with E-state index in [1.54, 1.807) is 36.3 Å². The maximum absolute atomic E-state index is 12.7. The SMILES string of the molecule is COc1cccc(N2CCN(C(=O)Cn3nnc4ccccc4c3=O)CC2)c1. The summed E-state index contributed by atoms with van der Waals surface area (Å²) in [4.78, 5) is 29.2. The molecule has 0 radical (unpaired) electrons. The van der Waals surface area contributed by atoms with E-state index in [9.17, 15) is 9.59 Å². The minimum Gasteiger partial charge on any atom is -0.497 e. The molecule has 1 saturated heterocycles. The van der Waals surface area contributed by atoms with Crippen LogP contribution in [0.1, 0.15) is 0 Å². The van der Waals surface area contributed by atoms with Crippen molar-refractivity contribution in [1.82, 2.24) is 19.9 Å². The van der Waals surface area contributed by atoms with Crippen LogP contribution in [0, 0.1) is 0 Å². The van der Waals surface area contributed by atoms with Gasteiger partial charge in [-0.1, -0.05) is 23.4 Å². The van der Waals surface area contributed by atoms with E-state index in [2.05, 4.69) is 15.2 Å². The van der Waals surface area contributed by atoms with E-state index in [0.717, 1.165) is 29.2 Å². The average molecular weight is 379 g/mol. The molecule has 8 nitrogen and oxygen atoms in total. The highest BCUT2D eigenvalue weighted by Gasteiger charge is 2.22. The minimum absolute atomic E-state index is 0.101. The van der Waals surface area contributed by atoms with Crippen molar-refractivity contribution >= 4 is 22.5 Å². The molecule has 1 aliphatic heterocycles. The summed E-state index contributed by atoms with van der Waals surface area (Å²) in [6.07, 6.45) is 0. The molecule has 1 amide bonds. The molecule has 28 heavy (non-hydrogen) atoms. The number of aromatic nitrogens is 3. The molecule has 8 heteroatoms. The number of piperazine rings is 1. The quantitative estimate of drug-likeness (QED) is 0.677. The number of anilines is 1. The number of amides is 1. The Morgan fingerprint density at radius 3 is 2.64 bits per heavy atom. The van der Waals surface area contributed by atoms with Gasteiger partial charge >= 0.3 is 0 Å². The number of benzene rings is 2. The van der Waals surface area contributed by atoms with Gasteiger partial charge in [0.15, 0.2) is 0 Å². The standard InChI is InChI=1S/C20H21N5O3/c1-28-16-6-4-5-15(13-16)23-9-11-24(12-10-23)19(26)14-25-20(27)17-7-2-3-8-18(17)21-22-25/h2-8,13H,9-12,14H2,1H3. The fraction of sp³-hybridized carbons (Fsp3) is 0.300.